The van der Waals surface area contributed by atoms with Crippen LogP contribution in [0.4, 0.5) is 5.69 Å². The Bertz CT molecular complexity index is 581. The van der Waals surface area contributed by atoms with Crippen molar-refractivity contribution in [2.75, 3.05) is 18.9 Å². The van der Waals surface area contributed by atoms with Crippen molar-refractivity contribution in [3.8, 4) is 5.75 Å². The largest absolute Gasteiger partial charge is 0.494 e. The third-order valence-electron chi connectivity index (χ3n) is 2.80. The van der Waals surface area contributed by atoms with Crippen molar-refractivity contribution < 1.29 is 14.3 Å². The third kappa shape index (κ3) is 4.24. The summed E-state index contributed by atoms with van der Waals surface area (Å²) < 4.78 is 12.1. The average molecular weight is 289 g/mol. The Kier molecular flexibility index (Phi) is 5.20. The van der Waals surface area contributed by atoms with Crippen LogP contribution in [0, 0.1) is 0 Å². The van der Waals surface area contributed by atoms with Gasteiger partial charge in [-0.05, 0) is 19.1 Å². The van der Waals surface area contributed by atoms with Gasteiger partial charge in [0.15, 0.2) is 5.69 Å². The maximum absolute atomic E-state index is 11.6. The minimum atomic E-state index is -0.491. The fourth-order valence-electron chi connectivity index (χ4n) is 1.84. The Hall–Kier alpha value is -2.50. The Morgan fingerprint density at radius 2 is 2.10 bits per heavy atom. The van der Waals surface area contributed by atoms with Crippen molar-refractivity contribution in [3.63, 3.8) is 0 Å². The van der Waals surface area contributed by atoms with E-state index in [1.165, 1.54) is 0 Å². The quantitative estimate of drug-likeness (QED) is 0.624. The van der Waals surface area contributed by atoms with E-state index in [0.29, 0.717) is 25.4 Å². The number of nitrogen functional groups attached to an aromatic ring is 1. The van der Waals surface area contributed by atoms with Gasteiger partial charge in [0.1, 0.15) is 5.75 Å². The molecule has 0 bridgehead atoms. The molecule has 112 valence electrons. The summed E-state index contributed by atoms with van der Waals surface area (Å²) in [5.41, 5.74) is 6.25. The van der Waals surface area contributed by atoms with Crippen LogP contribution in [0.2, 0.25) is 0 Å². The van der Waals surface area contributed by atoms with Crippen LogP contribution in [-0.2, 0) is 11.3 Å². The number of ether oxygens (including phenoxy) is 2. The summed E-state index contributed by atoms with van der Waals surface area (Å²) in [4.78, 5) is 11.6. The van der Waals surface area contributed by atoms with Gasteiger partial charge in [-0.1, -0.05) is 18.2 Å². The van der Waals surface area contributed by atoms with E-state index in [1.54, 1.807) is 17.8 Å². The number of nitrogens with two attached hydrogens (primary N) is 1. The lowest BCUT2D eigenvalue weighted by Crippen LogP contribution is -2.09. The molecule has 0 amide bonds. The van der Waals surface area contributed by atoms with Crippen LogP contribution in [-0.4, -0.2) is 29.0 Å². The lowest BCUT2D eigenvalue weighted by Gasteiger charge is -2.05. The predicted octanol–water partition coefficient (Wildman–Crippen LogP) is 2.11. The molecule has 0 aliphatic heterocycles. The fraction of sp³-hybridized carbons (Fsp3) is 0.333. The van der Waals surface area contributed by atoms with Gasteiger partial charge in [0.05, 0.1) is 18.9 Å². The first kappa shape index (κ1) is 14.9. The maximum Gasteiger partial charge on any atom is 0.361 e. The van der Waals surface area contributed by atoms with Crippen LogP contribution < -0.4 is 10.5 Å². The summed E-state index contributed by atoms with van der Waals surface area (Å²) in [6, 6.07) is 9.61. The normalized spacial score (nSPS) is 10.3. The van der Waals surface area contributed by atoms with Crippen molar-refractivity contribution in [3.05, 3.63) is 42.2 Å². The molecule has 1 aromatic carbocycles. The van der Waals surface area contributed by atoms with Crippen LogP contribution >= 0.6 is 0 Å². The number of nitrogens with zero attached hydrogens (tertiary/aromatic N) is 2. The predicted molar refractivity (Wildman–Crippen MR) is 79.1 cm³/mol. The number of anilines is 1. The first-order chi connectivity index (χ1) is 10.2. The Morgan fingerprint density at radius 1 is 1.33 bits per heavy atom. The minimum absolute atomic E-state index is 0.167. The highest BCUT2D eigenvalue weighted by Gasteiger charge is 2.15. The number of para-hydroxylation sites is 1. The molecular weight excluding hydrogens is 270 g/mol. The molecule has 1 heterocycles. The van der Waals surface area contributed by atoms with E-state index in [4.69, 9.17) is 15.2 Å². The molecule has 2 N–H and O–H groups in total. The molecule has 0 saturated carbocycles. The molecule has 2 rings (SSSR count). The van der Waals surface area contributed by atoms with Crippen molar-refractivity contribution in [1.29, 1.82) is 0 Å². The lowest BCUT2D eigenvalue weighted by atomic mass is 10.3. The second kappa shape index (κ2) is 7.33. The summed E-state index contributed by atoms with van der Waals surface area (Å²) in [7, 11) is 0. The van der Waals surface area contributed by atoms with Gasteiger partial charge in [0, 0.05) is 19.2 Å². The van der Waals surface area contributed by atoms with Gasteiger partial charge in [-0.25, -0.2) is 4.79 Å². The number of rotatable bonds is 7. The van der Waals surface area contributed by atoms with Gasteiger partial charge in [-0.2, -0.15) is 5.10 Å². The molecule has 0 unspecified atom stereocenters. The fourth-order valence-corrected chi connectivity index (χ4v) is 1.84. The number of esters is 1. The van der Waals surface area contributed by atoms with Gasteiger partial charge in [0.2, 0.25) is 0 Å². The molecule has 2 aromatic rings. The van der Waals surface area contributed by atoms with Crippen molar-refractivity contribution >= 4 is 11.7 Å². The second-order valence-electron chi connectivity index (χ2n) is 4.43. The third-order valence-corrected chi connectivity index (χ3v) is 2.80. The minimum Gasteiger partial charge on any atom is -0.494 e. The Morgan fingerprint density at radius 3 is 2.81 bits per heavy atom. The molecule has 0 radical (unpaired) electrons. The zero-order chi connectivity index (χ0) is 15.1. The zero-order valence-electron chi connectivity index (χ0n) is 12.0. The summed E-state index contributed by atoms with van der Waals surface area (Å²) in [6.45, 7) is 3.23. The Labute approximate surface area is 123 Å². The van der Waals surface area contributed by atoms with E-state index in [1.807, 2.05) is 30.3 Å². The highest BCUT2D eigenvalue weighted by Crippen LogP contribution is 2.12. The van der Waals surface area contributed by atoms with Crippen LogP contribution in [0.3, 0.4) is 0 Å². The number of aromatic nitrogens is 2. The highest BCUT2D eigenvalue weighted by molar-refractivity contribution is 5.92. The molecular formula is C15H19N3O3. The zero-order valence-corrected chi connectivity index (χ0v) is 12.0. The van der Waals surface area contributed by atoms with Crippen LogP contribution in [0.15, 0.2) is 36.5 Å². The van der Waals surface area contributed by atoms with E-state index in [-0.39, 0.29) is 5.69 Å². The summed E-state index contributed by atoms with van der Waals surface area (Å²) in [6.07, 6.45) is 2.40. The monoisotopic (exact) mass is 289 g/mol. The summed E-state index contributed by atoms with van der Waals surface area (Å²) in [5.74, 6) is 0.346. The van der Waals surface area contributed by atoms with Crippen molar-refractivity contribution in [2.45, 2.75) is 19.9 Å². The summed E-state index contributed by atoms with van der Waals surface area (Å²) in [5, 5.41) is 4.13. The second-order valence-corrected chi connectivity index (χ2v) is 4.43. The SMILES string of the molecule is CCOC(=O)c1nn(CCCOc2ccccc2)cc1N. The number of hydrogen-bond donors (Lipinski definition) is 1. The molecule has 1 aromatic heterocycles. The van der Waals surface area contributed by atoms with E-state index in [0.717, 1.165) is 12.2 Å². The molecule has 0 atom stereocenters. The van der Waals surface area contributed by atoms with Crippen LogP contribution in [0.5, 0.6) is 5.75 Å². The van der Waals surface area contributed by atoms with Gasteiger partial charge < -0.3 is 15.2 Å². The van der Waals surface area contributed by atoms with E-state index in [9.17, 15) is 4.79 Å². The lowest BCUT2D eigenvalue weighted by molar-refractivity contribution is 0.0519. The topological polar surface area (TPSA) is 79.4 Å². The molecule has 21 heavy (non-hydrogen) atoms. The number of hydrogen-bond acceptors (Lipinski definition) is 5. The number of carbonyl (C=O) groups excluding carboxylic acids is 1. The molecule has 0 fully saturated rings. The smallest absolute Gasteiger partial charge is 0.361 e. The van der Waals surface area contributed by atoms with Gasteiger partial charge >= 0.3 is 5.97 Å². The molecule has 0 spiro atoms. The summed E-state index contributed by atoms with van der Waals surface area (Å²) >= 11 is 0. The van der Waals surface area contributed by atoms with E-state index < -0.39 is 5.97 Å². The van der Waals surface area contributed by atoms with Crippen LogP contribution in [0.25, 0.3) is 0 Å². The molecule has 0 aliphatic rings. The first-order valence-electron chi connectivity index (χ1n) is 6.88. The van der Waals surface area contributed by atoms with Crippen molar-refractivity contribution in [2.24, 2.45) is 0 Å². The first-order valence-corrected chi connectivity index (χ1v) is 6.88. The number of benzene rings is 1. The molecule has 6 heteroatoms. The van der Waals surface area contributed by atoms with Gasteiger partial charge in [-0.15, -0.1) is 0 Å². The van der Waals surface area contributed by atoms with Crippen molar-refractivity contribution in [1.82, 2.24) is 9.78 Å². The average Bonchev–Trinajstić information content (AvgIpc) is 2.86. The Balaban J connectivity index is 1.81. The maximum atomic E-state index is 11.6. The van der Waals surface area contributed by atoms with E-state index >= 15 is 0 Å². The standard InChI is InChI=1S/C15H19N3O3/c1-2-20-15(19)14-13(16)11-18(17-14)9-6-10-21-12-7-4-3-5-8-12/h3-5,7-8,11H,2,6,9-10,16H2,1H3. The van der Waals surface area contributed by atoms with Crippen LogP contribution in [0.1, 0.15) is 23.8 Å². The van der Waals surface area contributed by atoms with Gasteiger partial charge in [-0.3, -0.25) is 4.68 Å². The molecule has 0 aliphatic carbocycles. The molecule has 0 saturated heterocycles. The molecule has 6 nitrogen and oxygen atoms in total. The number of carbonyl (C=O) groups is 1. The van der Waals surface area contributed by atoms with E-state index in [2.05, 4.69) is 5.10 Å². The van der Waals surface area contributed by atoms with Gasteiger partial charge in [0.25, 0.3) is 0 Å². The number of aryl methyl sites for hydroxylation is 1. The highest BCUT2D eigenvalue weighted by atomic mass is 16.5.